The van der Waals surface area contributed by atoms with Gasteiger partial charge >= 0.3 is 6.03 Å². The van der Waals surface area contributed by atoms with E-state index >= 15 is 0 Å². The number of anilines is 1. The molecular formula is C17H25N3O2. The number of aryl methyl sites for hydroxylation is 1. The highest BCUT2D eigenvalue weighted by atomic mass is 16.3. The van der Waals surface area contributed by atoms with Crippen molar-refractivity contribution in [3.05, 3.63) is 30.5 Å². The van der Waals surface area contributed by atoms with Crippen LogP contribution in [0.1, 0.15) is 27.2 Å². The summed E-state index contributed by atoms with van der Waals surface area (Å²) >= 11 is 0. The van der Waals surface area contributed by atoms with Gasteiger partial charge in [0.2, 0.25) is 0 Å². The summed E-state index contributed by atoms with van der Waals surface area (Å²) in [5.74, 6) is 0.0244. The molecule has 0 aliphatic heterocycles. The lowest BCUT2D eigenvalue weighted by Gasteiger charge is -2.19. The molecule has 2 amide bonds. The summed E-state index contributed by atoms with van der Waals surface area (Å²) in [6.07, 6.45) is 3.16. The molecule has 3 N–H and O–H groups in total. The predicted molar refractivity (Wildman–Crippen MR) is 90.1 cm³/mol. The molecule has 0 aliphatic carbocycles. The molecule has 5 heteroatoms. The molecule has 0 bridgehead atoms. The van der Waals surface area contributed by atoms with Gasteiger partial charge in [-0.3, -0.25) is 0 Å². The first-order valence-corrected chi connectivity index (χ1v) is 7.82. The SMILES string of the molecule is CCCn1ccc2cc(NC(=O)NC(C)C(C)CO)ccc21. The Labute approximate surface area is 131 Å². The molecule has 0 saturated carbocycles. The lowest BCUT2D eigenvalue weighted by Crippen LogP contribution is -2.40. The zero-order valence-corrected chi connectivity index (χ0v) is 13.5. The van der Waals surface area contributed by atoms with Crippen LogP contribution in [0.2, 0.25) is 0 Å². The number of carbonyl (C=O) groups excluding carboxylic acids is 1. The Balaban J connectivity index is 2.04. The molecule has 5 nitrogen and oxygen atoms in total. The van der Waals surface area contributed by atoms with Crippen molar-refractivity contribution in [3.8, 4) is 0 Å². The van der Waals surface area contributed by atoms with E-state index in [1.807, 2.05) is 32.0 Å². The van der Waals surface area contributed by atoms with E-state index in [2.05, 4.69) is 34.4 Å². The van der Waals surface area contributed by atoms with E-state index in [0.29, 0.717) is 0 Å². The molecule has 2 atom stereocenters. The first-order valence-electron chi connectivity index (χ1n) is 7.82. The molecule has 0 aliphatic rings. The fourth-order valence-electron chi connectivity index (χ4n) is 2.39. The molecule has 1 aromatic carbocycles. The van der Waals surface area contributed by atoms with Crippen molar-refractivity contribution in [1.82, 2.24) is 9.88 Å². The number of aliphatic hydroxyl groups excluding tert-OH is 1. The Morgan fingerprint density at radius 2 is 2.09 bits per heavy atom. The Morgan fingerprint density at radius 1 is 1.32 bits per heavy atom. The average molecular weight is 303 g/mol. The molecule has 2 unspecified atom stereocenters. The van der Waals surface area contributed by atoms with Crippen LogP contribution in [0.25, 0.3) is 10.9 Å². The Kier molecular flexibility index (Phi) is 5.44. The fourth-order valence-corrected chi connectivity index (χ4v) is 2.39. The number of rotatable bonds is 6. The summed E-state index contributed by atoms with van der Waals surface area (Å²) in [6.45, 7) is 6.98. The second kappa shape index (κ2) is 7.31. The molecule has 1 aromatic heterocycles. The Hall–Kier alpha value is -2.01. The van der Waals surface area contributed by atoms with Gasteiger partial charge in [0.25, 0.3) is 0 Å². The quantitative estimate of drug-likeness (QED) is 0.767. The van der Waals surface area contributed by atoms with Crippen molar-refractivity contribution in [2.24, 2.45) is 5.92 Å². The van der Waals surface area contributed by atoms with Gasteiger partial charge in [-0.1, -0.05) is 13.8 Å². The van der Waals surface area contributed by atoms with Crippen LogP contribution in [0.4, 0.5) is 10.5 Å². The minimum atomic E-state index is -0.250. The van der Waals surface area contributed by atoms with Gasteiger partial charge in [-0.15, -0.1) is 0 Å². The molecule has 120 valence electrons. The van der Waals surface area contributed by atoms with Gasteiger partial charge in [-0.25, -0.2) is 4.79 Å². The molecule has 0 radical (unpaired) electrons. The van der Waals surface area contributed by atoms with Crippen LogP contribution in [0.5, 0.6) is 0 Å². The maximum Gasteiger partial charge on any atom is 0.319 e. The fraction of sp³-hybridized carbons (Fsp3) is 0.471. The van der Waals surface area contributed by atoms with Gasteiger partial charge in [0, 0.05) is 42.0 Å². The van der Waals surface area contributed by atoms with E-state index in [9.17, 15) is 4.79 Å². The molecule has 0 saturated heterocycles. The van der Waals surface area contributed by atoms with Crippen molar-refractivity contribution in [3.63, 3.8) is 0 Å². The number of fused-ring (bicyclic) bond motifs is 1. The number of hydrogen-bond donors (Lipinski definition) is 3. The molecule has 0 spiro atoms. The number of nitrogens with zero attached hydrogens (tertiary/aromatic N) is 1. The predicted octanol–water partition coefficient (Wildman–Crippen LogP) is 3.19. The van der Waals surface area contributed by atoms with Gasteiger partial charge < -0.3 is 20.3 Å². The van der Waals surface area contributed by atoms with E-state index in [0.717, 1.165) is 24.0 Å². The summed E-state index contributed by atoms with van der Waals surface area (Å²) < 4.78 is 2.21. The van der Waals surface area contributed by atoms with Crippen LogP contribution in [-0.2, 0) is 6.54 Å². The third kappa shape index (κ3) is 3.80. The summed E-state index contributed by atoms with van der Waals surface area (Å²) in [5, 5.41) is 15.9. The number of aromatic nitrogens is 1. The van der Waals surface area contributed by atoms with Gasteiger partial charge in [-0.05, 0) is 43.5 Å². The monoisotopic (exact) mass is 303 g/mol. The highest BCUT2D eigenvalue weighted by Crippen LogP contribution is 2.21. The minimum absolute atomic E-state index is 0.0244. The standard InChI is InChI=1S/C17H25N3O2/c1-4-8-20-9-7-14-10-15(5-6-16(14)20)19-17(22)18-13(3)12(2)11-21/h5-7,9-10,12-13,21H,4,8,11H2,1-3H3,(H2,18,19,22). The number of nitrogens with one attached hydrogen (secondary N) is 2. The summed E-state index contributed by atoms with van der Waals surface area (Å²) in [6, 6.07) is 7.64. The van der Waals surface area contributed by atoms with Crippen LogP contribution in [0.3, 0.4) is 0 Å². The van der Waals surface area contributed by atoms with Gasteiger partial charge in [0.1, 0.15) is 0 Å². The van der Waals surface area contributed by atoms with E-state index in [1.165, 1.54) is 5.52 Å². The third-order valence-electron chi connectivity index (χ3n) is 3.99. The smallest absolute Gasteiger partial charge is 0.319 e. The molecule has 22 heavy (non-hydrogen) atoms. The van der Waals surface area contributed by atoms with Gasteiger partial charge in [0.15, 0.2) is 0 Å². The van der Waals surface area contributed by atoms with E-state index < -0.39 is 0 Å². The van der Waals surface area contributed by atoms with Gasteiger partial charge in [0.05, 0.1) is 0 Å². The van der Waals surface area contributed by atoms with E-state index in [1.54, 1.807) is 0 Å². The average Bonchev–Trinajstić information content (AvgIpc) is 2.89. The van der Waals surface area contributed by atoms with E-state index in [-0.39, 0.29) is 24.6 Å². The highest BCUT2D eigenvalue weighted by molar-refractivity contribution is 5.93. The minimum Gasteiger partial charge on any atom is -0.396 e. The number of hydrogen-bond acceptors (Lipinski definition) is 2. The molecule has 0 fully saturated rings. The molecule has 1 heterocycles. The van der Waals surface area contributed by atoms with Crippen molar-refractivity contribution in [2.45, 2.75) is 39.8 Å². The normalized spacial score (nSPS) is 13.8. The van der Waals surface area contributed by atoms with Crippen molar-refractivity contribution in [1.29, 1.82) is 0 Å². The highest BCUT2D eigenvalue weighted by Gasteiger charge is 2.14. The number of benzene rings is 1. The number of aliphatic hydroxyl groups is 1. The zero-order chi connectivity index (χ0) is 16.1. The zero-order valence-electron chi connectivity index (χ0n) is 13.5. The topological polar surface area (TPSA) is 66.3 Å². The third-order valence-corrected chi connectivity index (χ3v) is 3.99. The summed E-state index contributed by atoms with van der Waals surface area (Å²) in [5.41, 5.74) is 1.94. The largest absolute Gasteiger partial charge is 0.396 e. The van der Waals surface area contributed by atoms with Crippen LogP contribution < -0.4 is 10.6 Å². The first-order chi connectivity index (χ1) is 10.5. The maximum atomic E-state index is 12.0. The number of amides is 2. The Bertz CT molecular complexity index is 636. The Morgan fingerprint density at radius 3 is 2.77 bits per heavy atom. The number of carbonyl (C=O) groups is 1. The van der Waals surface area contributed by atoms with Crippen molar-refractivity contribution >= 4 is 22.6 Å². The van der Waals surface area contributed by atoms with Crippen LogP contribution in [0.15, 0.2) is 30.5 Å². The molecule has 2 rings (SSSR count). The summed E-state index contributed by atoms with van der Waals surface area (Å²) in [7, 11) is 0. The van der Waals surface area contributed by atoms with Crippen LogP contribution in [-0.4, -0.2) is 28.4 Å². The van der Waals surface area contributed by atoms with Crippen LogP contribution >= 0.6 is 0 Å². The van der Waals surface area contributed by atoms with Crippen molar-refractivity contribution in [2.75, 3.05) is 11.9 Å². The maximum absolute atomic E-state index is 12.0. The van der Waals surface area contributed by atoms with E-state index in [4.69, 9.17) is 5.11 Å². The lowest BCUT2D eigenvalue weighted by molar-refractivity contribution is 0.204. The number of urea groups is 1. The second-order valence-electron chi connectivity index (χ2n) is 5.83. The second-order valence-corrected chi connectivity index (χ2v) is 5.83. The lowest BCUT2D eigenvalue weighted by atomic mass is 10.1. The first kappa shape index (κ1) is 16.4. The van der Waals surface area contributed by atoms with Gasteiger partial charge in [-0.2, -0.15) is 0 Å². The molecule has 2 aromatic rings. The van der Waals surface area contributed by atoms with Crippen LogP contribution in [0, 0.1) is 5.92 Å². The molecular weight excluding hydrogens is 278 g/mol. The summed E-state index contributed by atoms with van der Waals surface area (Å²) in [4.78, 5) is 12.0. The van der Waals surface area contributed by atoms with Crippen molar-refractivity contribution < 1.29 is 9.90 Å².